The van der Waals surface area contributed by atoms with Gasteiger partial charge in [-0.15, -0.1) is 0 Å². The minimum absolute atomic E-state index is 0.120. The first-order chi connectivity index (χ1) is 15.6. The average Bonchev–Trinajstić information content (AvgIpc) is 2.77. The van der Waals surface area contributed by atoms with Gasteiger partial charge < -0.3 is 14.8 Å². The Bertz CT molecular complexity index is 1070. The summed E-state index contributed by atoms with van der Waals surface area (Å²) < 4.78 is 10.4. The van der Waals surface area contributed by atoms with Crippen LogP contribution >= 0.6 is 0 Å². The number of nitrogens with zero attached hydrogens (tertiary/aromatic N) is 1. The zero-order valence-electron chi connectivity index (χ0n) is 19.3. The maximum atomic E-state index is 13.6. The molecule has 0 amide bonds. The zero-order valence-corrected chi connectivity index (χ0v) is 19.3. The van der Waals surface area contributed by atoms with Gasteiger partial charge in [-0.25, -0.2) is 4.79 Å². The van der Waals surface area contributed by atoms with Gasteiger partial charge in [0, 0.05) is 28.6 Å². The molecule has 0 saturated carbocycles. The van der Waals surface area contributed by atoms with Crippen LogP contribution in [0.15, 0.2) is 46.8 Å². The third kappa shape index (κ3) is 4.40. The number of carbonyl (C=O) groups is 3. The van der Waals surface area contributed by atoms with Gasteiger partial charge in [0.15, 0.2) is 5.78 Å². The lowest BCUT2D eigenvalue weighted by Gasteiger charge is -2.38. The number of carbonyl (C=O) groups excluding carboxylic acids is 3. The second kappa shape index (κ2) is 9.56. The van der Waals surface area contributed by atoms with E-state index in [1.54, 1.807) is 26.8 Å². The van der Waals surface area contributed by atoms with Gasteiger partial charge >= 0.3 is 11.9 Å². The molecule has 33 heavy (non-hydrogen) atoms. The quantitative estimate of drug-likeness (QED) is 0.298. The number of ketones is 1. The highest BCUT2D eigenvalue weighted by Gasteiger charge is 2.48. The highest BCUT2D eigenvalue weighted by atomic mass is 16.6. The topological polar surface area (TPSA) is 125 Å². The van der Waals surface area contributed by atoms with E-state index >= 15 is 0 Å². The first-order valence-corrected chi connectivity index (χ1v) is 10.9. The van der Waals surface area contributed by atoms with E-state index < -0.39 is 34.5 Å². The molecule has 9 nitrogen and oxygen atoms in total. The van der Waals surface area contributed by atoms with E-state index in [1.165, 1.54) is 25.3 Å². The van der Waals surface area contributed by atoms with Crippen molar-refractivity contribution in [3.8, 4) is 0 Å². The molecule has 1 N–H and O–H groups in total. The van der Waals surface area contributed by atoms with Crippen molar-refractivity contribution in [2.75, 3.05) is 7.11 Å². The van der Waals surface area contributed by atoms with Crippen molar-refractivity contribution < 1.29 is 28.8 Å². The van der Waals surface area contributed by atoms with E-state index in [1.807, 2.05) is 6.92 Å². The average molecular weight is 456 g/mol. The number of methoxy groups -OCH3 is 1. The number of benzene rings is 1. The van der Waals surface area contributed by atoms with Gasteiger partial charge in [0.25, 0.3) is 5.69 Å². The molecular formula is C24H28N2O7. The molecule has 1 aliphatic heterocycles. The Morgan fingerprint density at radius 3 is 2.58 bits per heavy atom. The predicted molar refractivity (Wildman–Crippen MR) is 119 cm³/mol. The molecule has 0 fully saturated rings. The lowest BCUT2D eigenvalue weighted by molar-refractivity contribution is -0.385. The molecule has 0 unspecified atom stereocenters. The van der Waals surface area contributed by atoms with E-state index in [9.17, 15) is 24.5 Å². The van der Waals surface area contributed by atoms with Gasteiger partial charge in [-0.05, 0) is 32.6 Å². The van der Waals surface area contributed by atoms with Crippen molar-refractivity contribution in [1.29, 1.82) is 0 Å². The van der Waals surface area contributed by atoms with Crippen LogP contribution in [0.1, 0.15) is 52.0 Å². The fraction of sp³-hybridized carbons (Fsp3) is 0.458. The third-order valence-corrected chi connectivity index (χ3v) is 6.29. The molecule has 3 rings (SSSR count). The van der Waals surface area contributed by atoms with Crippen LogP contribution in [-0.4, -0.2) is 35.9 Å². The number of para-hydroxylation sites is 1. The van der Waals surface area contributed by atoms with Gasteiger partial charge in [0.2, 0.25) is 0 Å². The minimum atomic E-state index is -1.06. The highest BCUT2D eigenvalue weighted by Crippen LogP contribution is 2.47. The molecule has 0 saturated heterocycles. The Hall–Kier alpha value is -3.49. The maximum absolute atomic E-state index is 13.6. The van der Waals surface area contributed by atoms with Crippen molar-refractivity contribution in [1.82, 2.24) is 5.32 Å². The summed E-state index contributed by atoms with van der Waals surface area (Å²) in [5.41, 5.74) is 1.27. The van der Waals surface area contributed by atoms with Crippen LogP contribution in [0.3, 0.4) is 0 Å². The summed E-state index contributed by atoms with van der Waals surface area (Å²) >= 11 is 0. The number of ether oxygens (including phenoxy) is 2. The first-order valence-electron chi connectivity index (χ1n) is 10.9. The van der Waals surface area contributed by atoms with Crippen molar-refractivity contribution in [3.63, 3.8) is 0 Å². The summed E-state index contributed by atoms with van der Waals surface area (Å²) in [6.07, 6.45) is 0.545. The number of nitro groups is 1. The number of dihydropyridines is 1. The van der Waals surface area contributed by atoms with Gasteiger partial charge in [-0.3, -0.25) is 19.7 Å². The second-order valence-electron chi connectivity index (χ2n) is 8.48. The van der Waals surface area contributed by atoms with E-state index in [2.05, 4.69) is 5.32 Å². The number of nitrogens with one attached hydrogen (secondary N) is 1. The number of esters is 2. The fourth-order valence-corrected chi connectivity index (χ4v) is 4.49. The highest BCUT2D eigenvalue weighted by molar-refractivity contribution is 6.12. The lowest BCUT2D eigenvalue weighted by atomic mass is 9.69. The van der Waals surface area contributed by atoms with Crippen molar-refractivity contribution in [3.05, 3.63) is 62.5 Å². The van der Waals surface area contributed by atoms with Gasteiger partial charge in [-0.1, -0.05) is 32.0 Å². The van der Waals surface area contributed by atoms with E-state index in [-0.39, 0.29) is 34.4 Å². The molecule has 1 aromatic rings. The van der Waals surface area contributed by atoms with E-state index in [4.69, 9.17) is 9.47 Å². The maximum Gasteiger partial charge on any atom is 0.337 e. The number of nitro benzene ring substituents is 1. The summed E-state index contributed by atoms with van der Waals surface area (Å²) in [6.45, 7) is 7.07. The summed E-state index contributed by atoms with van der Waals surface area (Å²) in [7, 11) is 1.21. The minimum Gasteiger partial charge on any atom is -0.468 e. The summed E-state index contributed by atoms with van der Waals surface area (Å²) in [4.78, 5) is 50.6. The predicted octanol–water partition coefficient (Wildman–Crippen LogP) is 3.55. The number of Topliss-reactive ketones (excluding diaryl/α,β-unsaturated/α-hetero) is 1. The molecule has 2 aliphatic rings. The SMILES string of the molecule is CC[C@H](C)OC(=O)C1=C(C)NC2=C(C(=O)[C@H](C(=O)OC)[C@@H](C)C2)[C@H]1c1ccccc1[N+](=O)[O-]. The molecule has 4 atom stereocenters. The normalized spacial score (nSPS) is 23.4. The third-order valence-electron chi connectivity index (χ3n) is 6.29. The van der Waals surface area contributed by atoms with Crippen molar-refractivity contribution in [2.45, 2.75) is 52.6 Å². The molecule has 1 aliphatic carbocycles. The fourth-order valence-electron chi connectivity index (χ4n) is 4.49. The standard InChI is InChI=1S/C24H28N2O7/c1-6-13(3)33-24(29)19-14(4)25-16-11-12(2)18(23(28)32-5)22(27)21(16)20(19)15-9-7-8-10-17(15)26(30)31/h7-10,12-13,18,20,25H,6,11H2,1-5H3/t12-,13-,18+,20-/m0/s1. The lowest BCUT2D eigenvalue weighted by Crippen LogP contribution is -2.43. The van der Waals surface area contributed by atoms with Crippen LogP contribution in [0.25, 0.3) is 0 Å². The van der Waals surface area contributed by atoms with Crippen LogP contribution in [0.4, 0.5) is 5.69 Å². The Morgan fingerprint density at radius 2 is 1.97 bits per heavy atom. The number of hydrogen-bond acceptors (Lipinski definition) is 8. The first kappa shape index (κ1) is 24.2. The van der Waals surface area contributed by atoms with Crippen molar-refractivity contribution >= 4 is 23.4 Å². The molecule has 0 aromatic heterocycles. The number of allylic oxidation sites excluding steroid dienone is 3. The molecular weight excluding hydrogens is 428 g/mol. The van der Waals surface area contributed by atoms with Crippen LogP contribution in [0, 0.1) is 22.0 Å². The summed E-state index contributed by atoms with van der Waals surface area (Å²) in [5, 5.41) is 15.0. The Labute approximate surface area is 192 Å². The van der Waals surface area contributed by atoms with Gasteiger partial charge in [0.05, 0.1) is 29.6 Å². The Balaban J connectivity index is 2.25. The molecule has 176 valence electrons. The zero-order chi connectivity index (χ0) is 24.4. The van der Waals surface area contributed by atoms with Crippen LogP contribution in [-0.2, 0) is 23.9 Å². The molecule has 9 heteroatoms. The molecule has 0 spiro atoms. The molecule has 0 bridgehead atoms. The Morgan fingerprint density at radius 1 is 1.30 bits per heavy atom. The second-order valence-corrected chi connectivity index (χ2v) is 8.48. The van der Waals surface area contributed by atoms with Crippen molar-refractivity contribution in [2.24, 2.45) is 11.8 Å². The molecule has 0 radical (unpaired) electrons. The van der Waals surface area contributed by atoms with Gasteiger partial charge in [0.1, 0.15) is 5.92 Å². The summed E-state index contributed by atoms with van der Waals surface area (Å²) in [5.74, 6) is -4.30. The largest absolute Gasteiger partial charge is 0.468 e. The molecule has 1 heterocycles. The van der Waals surface area contributed by atoms with Crippen LogP contribution < -0.4 is 5.32 Å². The van der Waals surface area contributed by atoms with Gasteiger partial charge in [-0.2, -0.15) is 0 Å². The smallest absolute Gasteiger partial charge is 0.337 e. The van der Waals surface area contributed by atoms with Crippen LogP contribution in [0.5, 0.6) is 0 Å². The number of rotatable bonds is 6. The Kier molecular flexibility index (Phi) is 7.00. The van der Waals surface area contributed by atoms with E-state index in [0.29, 0.717) is 24.2 Å². The number of hydrogen-bond donors (Lipinski definition) is 1. The van der Waals surface area contributed by atoms with Crippen LogP contribution in [0.2, 0.25) is 0 Å². The van der Waals surface area contributed by atoms with E-state index in [0.717, 1.165) is 0 Å². The summed E-state index contributed by atoms with van der Waals surface area (Å²) in [6, 6.07) is 6.00. The molecule has 1 aromatic carbocycles. The monoisotopic (exact) mass is 456 g/mol.